The Labute approximate surface area is 136 Å². The highest BCUT2D eigenvalue weighted by Gasteiger charge is 2.38. The molecule has 0 radical (unpaired) electrons. The van der Waals surface area contributed by atoms with Crippen molar-refractivity contribution in [2.24, 2.45) is 0 Å². The third-order valence-electron chi connectivity index (χ3n) is 4.18. The second-order valence-electron chi connectivity index (χ2n) is 6.22. The molecule has 1 aliphatic heterocycles. The number of nitrogens with one attached hydrogen (secondary N) is 1. The van der Waals surface area contributed by atoms with Gasteiger partial charge in [-0.2, -0.15) is 18.2 Å². The second kappa shape index (κ2) is 5.92. The summed E-state index contributed by atoms with van der Waals surface area (Å²) < 4.78 is 43.0. The lowest BCUT2D eigenvalue weighted by Crippen LogP contribution is -2.41. The van der Waals surface area contributed by atoms with Gasteiger partial charge in [-0.3, -0.25) is 4.79 Å². The smallest absolute Gasteiger partial charge is 0.356 e. The van der Waals surface area contributed by atoms with Crippen LogP contribution in [0.1, 0.15) is 42.6 Å². The zero-order valence-electron chi connectivity index (χ0n) is 13.0. The van der Waals surface area contributed by atoms with Crippen molar-refractivity contribution in [2.45, 2.75) is 37.8 Å². The first kappa shape index (κ1) is 16.5. The molecule has 2 heterocycles. The number of hydrogen-bond donors (Lipinski definition) is 1. The zero-order chi connectivity index (χ0) is 17.4. The molecular weight excluding hydrogens is 323 g/mol. The van der Waals surface area contributed by atoms with E-state index < -0.39 is 17.2 Å². The molecule has 24 heavy (non-hydrogen) atoms. The fourth-order valence-corrected chi connectivity index (χ4v) is 2.73. The second-order valence-corrected chi connectivity index (χ2v) is 6.22. The maximum absolute atomic E-state index is 12.6. The number of hydrogen-bond acceptors (Lipinski definition) is 4. The number of benzene rings is 1. The summed E-state index contributed by atoms with van der Waals surface area (Å²) in [5.74, 6) is 0.711. The van der Waals surface area contributed by atoms with Crippen LogP contribution in [0.3, 0.4) is 0 Å². The average molecular weight is 339 g/mol. The molecule has 8 heteroatoms. The van der Waals surface area contributed by atoms with Gasteiger partial charge < -0.3 is 9.84 Å². The fourth-order valence-electron chi connectivity index (χ4n) is 2.73. The summed E-state index contributed by atoms with van der Waals surface area (Å²) in [4.78, 5) is 15.9. The molecule has 1 N–H and O–H groups in total. The number of piperidine rings is 1. The molecule has 0 spiro atoms. The van der Waals surface area contributed by atoms with Crippen LogP contribution in [-0.2, 0) is 22.8 Å². The van der Waals surface area contributed by atoms with Crippen molar-refractivity contribution in [1.82, 2.24) is 15.5 Å². The van der Waals surface area contributed by atoms with Crippen LogP contribution in [0.15, 0.2) is 28.8 Å². The molecule has 1 aromatic heterocycles. The summed E-state index contributed by atoms with van der Waals surface area (Å²) >= 11 is 0. The van der Waals surface area contributed by atoms with Gasteiger partial charge in [0.2, 0.25) is 11.8 Å². The Bertz CT molecular complexity index is 740. The summed E-state index contributed by atoms with van der Waals surface area (Å²) in [5.41, 5.74) is -0.545. The lowest BCUT2D eigenvalue weighted by Gasteiger charge is -2.29. The van der Waals surface area contributed by atoms with E-state index in [9.17, 15) is 18.0 Å². The van der Waals surface area contributed by atoms with Crippen molar-refractivity contribution in [3.05, 3.63) is 47.1 Å². The van der Waals surface area contributed by atoms with Gasteiger partial charge in [0.1, 0.15) is 0 Å². The van der Waals surface area contributed by atoms with Crippen LogP contribution in [0.25, 0.3) is 0 Å². The van der Waals surface area contributed by atoms with Crippen molar-refractivity contribution in [3.8, 4) is 0 Å². The van der Waals surface area contributed by atoms with Crippen LogP contribution in [0.5, 0.6) is 0 Å². The molecule has 2 aromatic rings. The molecular formula is C16H16F3N3O2. The first-order valence-corrected chi connectivity index (χ1v) is 7.52. The monoisotopic (exact) mass is 339 g/mol. The normalized spacial score (nSPS) is 21.6. The van der Waals surface area contributed by atoms with Gasteiger partial charge in [-0.15, -0.1) is 0 Å². The van der Waals surface area contributed by atoms with Gasteiger partial charge in [0, 0.05) is 19.4 Å². The fraction of sp³-hybridized carbons (Fsp3) is 0.438. The highest BCUT2D eigenvalue weighted by molar-refractivity contribution is 5.78. The molecule has 1 saturated heterocycles. The van der Waals surface area contributed by atoms with E-state index in [1.54, 1.807) is 0 Å². The molecule has 1 unspecified atom stereocenters. The summed E-state index contributed by atoms with van der Waals surface area (Å²) in [5, 5.41) is 6.64. The highest BCUT2D eigenvalue weighted by atomic mass is 19.4. The van der Waals surface area contributed by atoms with E-state index in [1.807, 2.05) is 6.92 Å². The maximum atomic E-state index is 12.6. The molecule has 1 amide bonds. The van der Waals surface area contributed by atoms with Crippen LogP contribution in [0.4, 0.5) is 13.2 Å². The topological polar surface area (TPSA) is 68.0 Å². The Hall–Kier alpha value is -2.38. The molecule has 3 rings (SSSR count). The third-order valence-corrected chi connectivity index (χ3v) is 4.18. The minimum absolute atomic E-state index is 0.0637. The van der Waals surface area contributed by atoms with Crippen molar-refractivity contribution in [3.63, 3.8) is 0 Å². The Morgan fingerprint density at radius 3 is 2.62 bits per heavy atom. The Kier molecular flexibility index (Phi) is 4.06. The number of alkyl halides is 3. The lowest BCUT2D eigenvalue weighted by molar-refractivity contribution is -0.137. The lowest BCUT2D eigenvalue weighted by atomic mass is 9.80. The van der Waals surface area contributed by atoms with Gasteiger partial charge in [0.15, 0.2) is 5.82 Å². The molecule has 1 aliphatic rings. The van der Waals surface area contributed by atoms with Gasteiger partial charge in [-0.1, -0.05) is 24.2 Å². The highest BCUT2D eigenvalue weighted by Crippen LogP contribution is 2.32. The van der Waals surface area contributed by atoms with E-state index >= 15 is 0 Å². The minimum Gasteiger partial charge on any atom is -0.356 e. The number of nitrogens with zero attached hydrogens (tertiary/aromatic N) is 2. The van der Waals surface area contributed by atoms with Gasteiger partial charge in [0.05, 0.1) is 11.0 Å². The summed E-state index contributed by atoms with van der Waals surface area (Å²) in [6.45, 7) is 2.44. The Balaban J connectivity index is 1.73. The number of rotatable bonds is 3. The third kappa shape index (κ3) is 3.42. The largest absolute Gasteiger partial charge is 0.416 e. The van der Waals surface area contributed by atoms with E-state index in [0.717, 1.165) is 12.1 Å². The van der Waals surface area contributed by atoms with E-state index in [-0.39, 0.29) is 18.7 Å². The van der Waals surface area contributed by atoms with Gasteiger partial charge in [0.25, 0.3) is 0 Å². The van der Waals surface area contributed by atoms with Gasteiger partial charge in [-0.25, -0.2) is 0 Å². The van der Waals surface area contributed by atoms with Crippen molar-refractivity contribution in [1.29, 1.82) is 0 Å². The maximum Gasteiger partial charge on any atom is 0.416 e. The number of carbonyl (C=O) groups is 1. The Morgan fingerprint density at radius 1 is 1.29 bits per heavy atom. The molecule has 1 atom stereocenters. The van der Waals surface area contributed by atoms with Crippen LogP contribution >= 0.6 is 0 Å². The first-order valence-electron chi connectivity index (χ1n) is 7.52. The predicted octanol–water partition coefficient (Wildman–Crippen LogP) is 2.85. The summed E-state index contributed by atoms with van der Waals surface area (Å²) in [6.07, 6.45) is -3.12. The number of carbonyl (C=O) groups excluding carboxylic acids is 1. The molecule has 0 bridgehead atoms. The minimum atomic E-state index is -4.35. The number of halogens is 3. The van der Waals surface area contributed by atoms with Crippen LogP contribution in [0.2, 0.25) is 0 Å². The van der Waals surface area contributed by atoms with Crippen LogP contribution in [0, 0.1) is 0 Å². The van der Waals surface area contributed by atoms with E-state index in [2.05, 4.69) is 15.5 Å². The molecule has 128 valence electrons. The van der Waals surface area contributed by atoms with E-state index in [0.29, 0.717) is 30.2 Å². The van der Waals surface area contributed by atoms with Crippen LogP contribution < -0.4 is 5.32 Å². The molecule has 0 aliphatic carbocycles. The summed E-state index contributed by atoms with van der Waals surface area (Å²) in [6, 6.07) is 4.86. The predicted molar refractivity (Wildman–Crippen MR) is 78.1 cm³/mol. The van der Waals surface area contributed by atoms with E-state index in [1.165, 1.54) is 12.1 Å². The molecule has 1 fully saturated rings. The molecule has 0 saturated carbocycles. The zero-order valence-corrected chi connectivity index (χ0v) is 13.0. The van der Waals surface area contributed by atoms with E-state index in [4.69, 9.17) is 4.52 Å². The molecule has 1 aromatic carbocycles. The number of amides is 1. The average Bonchev–Trinajstić information content (AvgIpc) is 2.96. The first-order chi connectivity index (χ1) is 11.3. The van der Waals surface area contributed by atoms with Gasteiger partial charge >= 0.3 is 6.18 Å². The SMILES string of the molecule is CC1(c2nc(Cc3ccc(C(F)(F)F)cc3)no2)CCNC(=O)C1. The standard InChI is InChI=1S/C16H16F3N3O2/c1-15(6-7-20-13(23)9-15)14-21-12(22-24-14)8-10-2-4-11(5-3-10)16(17,18)19/h2-5H,6-9H2,1H3,(H,20,23). The Morgan fingerprint density at radius 2 is 2.00 bits per heavy atom. The van der Waals surface area contributed by atoms with Crippen molar-refractivity contribution >= 4 is 5.91 Å². The van der Waals surface area contributed by atoms with Crippen molar-refractivity contribution < 1.29 is 22.5 Å². The quantitative estimate of drug-likeness (QED) is 0.934. The van der Waals surface area contributed by atoms with Gasteiger partial charge in [-0.05, 0) is 24.1 Å². The number of aromatic nitrogens is 2. The van der Waals surface area contributed by atoms with Crippen molar-refractivity contribution in [2.75, 3.05) is 6.54 Å². The summed E-state index contributed by atoms with van der Waals surface area (Å²) in [7, 11) is 0. The molecule has 5 nitrogen and oxygen atoms in total. The van der Waals surface area contributed by atoms with Crippen LogP contribution in [-0.4, -0.2) is 22.6 Å².